The van der Waals surface area contributed by atoms with Crippen LogP contribution in [-0.2, 0) is 0 Å². The lowest BCUT2D eigenvalue weighted by Crippen LogP contribution is -2.10. The summed E-state index contributed by atoms with van der Waals surface area (Å²) in [5.41, 5.74) is 0.607. The minimum absolute atomic E-state index is 0.208. The van der Waals surface area contributed by atoms with Crippen molar-refractivity contribution in [2.75, 3.05) is 6.61 Å². The first-order valence-electron chi connectivity index (χ1n) is 5.26. The average molecular weight is 248 g/mol. The summed E-state index contributed by atoms with van der Waals surface area (Å²) in [7, 11) is 0. The molecule has 2 rings (SSSR count). The van der Waals surface area contributed by atoms with Gasteiger partial charge >= 0.3 is 0 Å². The molecule has 1 aromatic carbocycles. The number of ether oxygens (including phenoxy) is 1. The van der Waals surface area contributed by atoms with Crippen molar-refractivity contribution in [3.05, 3.63) is 51.7 Å². The molecule has 0 spiro atoms. The maximum Gasteiger partial charge on any atom is 0.251 e. The van der Waals surface area contributed by atoms with E-state index in [2.05, 4.69) is 4.98 Å². The minimum atomic E-state index is -0.208. The fourth-order valence-corrected chi connectivity index (χ4v) is 1.80. The highest BCUT2D eigenvalue weighted by Gasteiger charge is 2.04. The van der Waals surface area contributed by atoms with Crippen LogP contribution in [0.1, 0.15) is 6.92 Å². The quantitative estimate of drug-likeness (QED) is 0.848. The average Bonchev–Trinajstić information content (AvgIpc) is 2.31. The first-order chi connectivity index (χ1) is 8.22. The molecule has 1 N–H and O–H groups in total. The molecule has 0 aliphatic rings. The molecule has 0 atom stereocenters. The SMILES string of the molecule is CCOc1ccccc1-n1ccc(=O)[nH]c1=S. The number of rotatable bonds is 3. The van der Waals surface area contributed by atoms with Crippen molar-refractivity contribution in [1.29, 1.82) is 0 Å². The Kier molecular flexibility index (Phi) is 3.39. The molecule has 4 nitrogen and oxygen atoms in total. The number of hydrogen-bond acceptors (Lipinski definition) is 3. The van der Waals surface area contributed by atoms with Crippen molar-refractivity contribution in [2.45, 2.75) is 6.92 Å². The fourth-order valence-electron chi connectivity index (χ4n) is 1.54. The Morgan fingerprint density at radius 3 is 2.82 bits per heavy atom. The Hall–Kier alpha value is -1.88. The number of nitrogens with zero attached hydrogens (tertiary/aromatic N) is 1. The van der Waals surface area contributed by atoms with Gasteiger partial charge in [0.2, 0.25) is 0 Å². The second-order valence-electron chi connectivity index (χ2n) is 3.38. The van der Waals surface area contributed by atoms with Gasteiger partial charge in [0.25, 0.3) is 5.56 Å². The molecule has 5 heteroatoms. The van der Waals surface area contributed by atoms with Gasteiger partial charge < -0.3 is 4.74 Å². The molecule has 17 heavy (non-hydrogen) atoms. The lowest BCUT2D eigenvalue weighted by Gasteiger charge is -2.11. The number of aromatic amines is 1. The highest BCUT2D eigenvalue weighted by molar-refractivity contribution is 7.71. The summed E-state index contributed by atoms with van der Waals surface area (Å²) >= 11 is 5.12. The number of H-pyrrole nitrogens is 1. The van der Waals surface area contributed by atoms with Crippen LogP contribution in [0.15, 0.2) is 41.3 Å². The molecule has 0 saturated heterocycles. The minimum Gasteiger partial charge on any atom is -0.492 e. The summed E-state index contributed by atoms with van der Waals surface area (Å²) in [5.74, 6) is 0.734. The Labute approximate surface area is 104 Å². The molecular formula is C12H12N2O2S. The van der Waals surface area contributed by atoms with Gasteiger partial charge in [-0.15, -0.1) is 0 Å². The van der Waals surface area contributed by atoms with Crippen LogP contribution in [-0.4, -0.2) is 16.2 Å². The summed E-state index contributed by atoms with van der Waals surface area (Å²) < 4.78 is 7.58. The third kappa shape index (κ3) is 2.45. The zero-order valence-corrected chi connectivity index (χ0v) is 10.2. The fraction of sp³-hybridized carbons (Fsp3) is 0.167. The highest BCUT2D eigenvalue weighted by atomic mass is 32.1. The predicted octanol–water partition coefficient (Wildman–Crippen LogP) is 2.29. The third-order valence-electron chi connectivity index (χ3n) is 2.25. The van der Waals surface area contributed by atoms with Crippen molar-refractivity contribution in [2.24, 2.45) is 0 Å². The number of benzene rings is 1. The normalized spacial score (nSPS) is 10.2. The van der Waals surface area contributed by atoms with Gasteiger partial charge in [-0.3, -0.25) is 14.3 Å². The van der Waals surface area contributed by atoms with E-state index in [4.69, 9.17) is 17.0 Å². The van der Waals surface area contributed by atoms with Crippen LogP contribution in [0.2, 0.25) is 0 Å². The molecule has 0 radical (unpaired) electrons. The van der Waals surface area contributed by atoms with Crippen LogP contribution < -0.4 is 10.3 Å². The monoisotopic (exact) mass is 248 g/mol. The van der Waals surface area contributed by atoms with Crippen LogP contribution in [0.3, 0.4) is 0 Å². The smallest absolute Gasteiger partial charge is 0.251 e. The summed E-state index contributed by atoms with van der Waals surface area (Å²) in [6.45, 7) is 2.50. The van der Waals surface area contributed by atoms with E-state index in [1.807, 2.05) is 31.2 Å². The van der Waals surface area contributed by atoms with Gasteiger partial charge in [-0.05, 0) is 31.3 Å². The van der Waals surface area contributed by atoms with Crippen molar-refractivity contribution in [3.63, 3.8) is 0 Å². The zero-order chi connectivity index (χ0) is 12.3. The molecular weight excluding hydrogens is 236 g/mol. The Morgan fingerprint density at radius 2 is 2.12 bits per heavy atom. The van der Waals surface area contributed by atoms with Gasteiger partial charge in [0.1, 0.15) is 5.75 Å². The Balaban J connectivity index is 2.60. The van der Waals surface area contributed by atoms with E-state index in [9.17, 15) is 4.79 Å². The third-order valence-corrected chi connectivity index (χ3v) is 2.55. The lowest BCUT2D eigenvalue weighted by atomic mass is 10.3. The highest BCUT2D eigenvalue weighted by Crippen LogP contribution is 2.21. The van der Waals surface area contributed by atoms with Crippen molar-refractivity contribution >= 4 is 12.2 Å². The maximum absolute atomic E-state index is 11.1. The number of aromatic nitrogens is 2. The van der Waals surface area contributed by atoms with E-state index in [0.29, 0.717) is 11.4 Å². The van der Waals surface area contributed by atoms with Gasteiger partial charge in [-0.1, -0.05) is 12.1 Å². The standard InChI is InChI=1S/C12H12N2O2S/c1-2-16-10-6-4-3-5-9(10)14-8-7-11(15)13-12(14)17/h3-8H,2H2,1H3,(H,13,15,17). The Morgan fingerprint density at radius 1 is 1.35 bits per heavy atom. The van der Waals surface area contributed by atoms with Gasteiger partial charge in [-0.25, -0.2) is 0 Å². The topological polar surface area (TPSA) is 47.0 Å². The first kappa shape index (κ1) is 11.6. The number of para-hydroxylation sites is 2. The summed E-state index contributed by atoms with van der Waals surface area (Å²) in [4.78, 5) is 13.7. The molecule has 2 aromatic rings. The molecule has 88 valence electrons. The first-order valence-corrected chi connectivity index (χ1v) is 5.67. The van der Waals surface area contributed by atoms with E-state index in [0.717, 1.165) is 11.4 Å². The lowest BCUT2D eigenvalue weighted by molar-refractivity contribution is 0.339. The molecule has 1 aromatic heterocycles. The maximum atomic E-state index is 11.1. The van der Waals surface area contributed by atoms with Crippen LogP contribution in [0.5, 0.6) is 5.75 Å². The largest absolute Gasteiger partial charge is 0.492 e. The van der Waals surface area contributed by atoms with E-state index >= 15 is 0 Å². The van der Waals surface area contributed by atoms with E-state index in [1.165, 1.54) is 6.07 Å². The number of nitrogens with one attached hydrogen (secondary N) is 1. The molecule has 0 fully saturated rings. The van der Waals surface area contributed by atoms with Gasteiger partial charge in [0.05, 0.1) is 12.3 Å². The van der Waals surface area contributed by atoms with Crippen LogP contribution in [0.4, 0.5) is 0 Å². The van der Waals surface area contributed by atoms with Crippen molar-refractivity contribution in [1.82, 2.24) is 9.55 Å². The van der Waals surface area contributed by atoms with Crippen LogP contribution in [0.25, 0.3) is 5.69 Å². The molecule has 0 saturated carbocycles. The molecule has 0 aliphatic heterocycles. The summed E-state index contributed by atoms with van der Waals surface area (Å²) in [6.07, 6.45) is 1.64. The van der Waals surface area contributed by atoms with Crippen molar-refractivity contribution in [3.8, 4) is 11.4 Å². The second-order valence-corrected chi connectivity index (χ2v) is 3.77. The predicted molar refractivity (Wildman–Crippen MR) is 68.4 cm³/mol. The van der Waals surface area contributed by atoms with Crippen LogP contribution in [0, 0.1) is 4.77 Å². The molecule has 0 amide bonds. The zero-order valence-electron chi connectivity index (χ0n) is 9.34. The van der Waals surface area contributed by atoms with E-state index in [1.54, 1.807) is 10.8 Å². The molecule has 0 bridgehead atoms. The van der Waals surface area contributed by atoms with E-state index in [-0.39, 0.29) is 5.56 Å². The second kappa shape index (κ2) is 4.97. The van der Waals surface area contributed by atoms with Gasteiger partial charge in [0.15, 0.2) is 4.77 Å². The summed E-state index contributed by atoms with van der Waals surface area (Å²) in [5, 5.41) is 0. The molecule has 0 unspecified atom stereocenters. The molecule has 0 aliphatic carbocycles. The van der Waals surface area contributed by atoms with Gasteiger partial charge in [0, 0.05) is 12.3 Å². The summed E-state index contributed by atoms with van der Waals surface area (Å²) in [6, 6.07) is 8.97. The van der Waals surface area contributed by atoms with Crippen LogP contribution >= 0.6 is 12.2 Å². The van der Waals surface area contributed by atoms with E-state index < -0.39 is 0 Å². The molecule has 1 heterocycles. The number of hydrogen-bond donors (Lipinski definition) is 1. The van der Waals surface area contributed by atoms with Crippen molar-refractivity contribution < 1.29 is 4.74 Å². The van der Waals surface area contributed by atoms with Gasteiger partial charge in [-0.2, -0.15) is 0 Å². The Bertz CT molecular complexity index is 631.